The van der Waals surface area contributed by atoms with E-state index in [4.69, 9.17) is 4.74 Å². The lowest BCUT2D eigenvalue weighted by Gasteiger charge is -2.23. The SMILES string of the molecule is CS(=O)(=O)N(CC(=O)N/N=C\c1ccc(OCC(=O)NCc2ccccc2)cc1)c1cccc2ccccc12. The predicted octanol–water partition coefficient (Wildman–Crippen LogP) is 3.45. The van der Waals surface area contributed by atoms with Crippen LogP contribution in [-0.2, 0) is 26.2 Å². The zero-order valence-corrected chi connectivity index (χ0v) is 22.1. The summed E-state index contributed by atoms with van der Waals surface area (Å²) in [5.41, 5.74) is 4.46. The van der Waals surface area contributed by atoms with Gasteiger partial charge >= 0.3 is 0 Å². The second kappa shape index (κ2) is 12.7. The van der Waals surface area contributed by atoms with E-state index in [9.17, 15) is 18.0 Å². The molecule has 0 aromatic heterocycles. The zero-order valence-electron chi connectivity index (χ0n) is 21.3. The summed E-state index contributed by atoms with van der Waals surface area (Å²) in [5.74, 6) is -0.324. The number of hydrogen-bond acceptors (Lipinski definition) is 6. The van der Waals surface area contributed by atoms with Crippen LogP contribution in [0.3, 0.4) is 0 Å². The van der Waals surface area contributed by atoms with Crippen LogP contribution in [0.15, 0.2) is 102 Å². The number of ether oxygens (including phenoxy) is 1. The van der Waals surface area contributed by atoms with Gasteiger partial charge in [-0.15, -0.1) is 0 Å². The average molecular weight is 545 g/mol. The lowest BCUT2D eigenvalue weighted by molar-refractivity contribution is -0.123. The van der Waals surface area contributed by atoms with Gasteiger partial charge in [0.2, 0.25) is 10.0 Å². The van der Waals surface area contributed by atoms with Crippen LogP contribution >= 0.6 is 0 Å². The maximum atomic E-state index is 12.6. The highest BCUT2D eigenvalue weighted by molar-refractivity contribution is 7.92. The molecule has 0 bridgehead atoms. The molecule has 0 spiro atoms. The predicted molar refractivity (Wildman–Crippen MR) is 152 cm³/mol. The minimum Gasteiger partial charge on any atom is -0.484 e. The number of nitrogens with zero attached hydrogens (tertiary/aromatic N) is 2. The molecule has 0 aliphatic heterocycles. The molecular formula is C29H28N4O5S. The molecule has 2 amide bonds. The maximum absolute atomic E-state index is 12.6. The number of anilines is 1. The van der Waals surface area contributed by atoms with Gasteiger partial charge in [0.1, 0.15) is 12.3 Å². The standard InChI is InChI=1S/C29H28N4O5S/c1-39(36,37)33(27-13-7-11-24-10-5-6-12-26(24)27)20-28(34)32-31-19-23-14-16-25(17-15-23)38-21-29(35)30-18-22-8-3-2-4-9-22/h2-17,19H,18,20-21H2,1H3,(H,30,35)(H,32,34)/b31-19-. The van der Waals surface area contributed by atoms with E-state index in [0.717, 1.165) is 26.9 Å². The van der Waals surface area contributed by atoms with Crippen LogP contribution in [0.1, 0.15) is 11.1 Å². The number of hydrogen-bond donors (Lipinski definition) is 2. The third-order valence-electron chi connectivity index (χ3n) is 5.71. The fourth-order valence-corrected chi connectivity index (χ4v) is 4.67. The highest BCUT2D eigenvalue weighted by Gasteiger charge is 2.22. The monoisotopic (exact) mass is 544 g/mol. The second-order valence-electron chi connectivity index (χ2n) is 8.68. The zero-order chi connectivity index (χ0) is 27.7. The summed E-state index contributed by atoms with van der Waals surface area (Å²) in [6, 6.07) is 29.0. The van der Waals surface area contributed by atoms with Crippen LogP contribution in [0.25, 0.3) is 10.8 Å². The minimum absolute atomic E-state index is 0.121. The van der Waals surface area contributed by atoms with E-state index in [1.54, 1.807) is 36.4 Å². The molecule has 0 heterocycles. The van der Waals surface area contributed by atoms with Gasteiger partial charge in [-0.25, -0.2) is 13.8 Å². The van der Waals surface area contributed by atoms with E-state index in [0.29, 0.717) is 23.5 Å². The summed E-state index contributed by atoms with van der Waals surface area (Å²) in [7, 11) is -3.74. The van der Waals surface area contributed by atoms with Crippen molar-refractivity contribution in [3.05, 3.63) is 108 Å². The third kappa shape index (κ3) is 7.89. The van der Waals surface area contributed by atoms with Crippen molar-refractivity contribution >= 4 is 44.5 Å². The van der Waals surface area contributed by atoms with E-state index >= 15 is 0 Å². The van der Waals surface area contributed by atoms with Gasteiger partial charge in [0.15, 0.2) is 6.61 Å². The van der Waals surface area contributed by atoms with Gasteiger partial charge in [-0.05, 0) is 46.8 Å². The molecule has 2 N–H and O–H groups in total. The van der Waals surface area contributed by atoms with E-state index < -0.39 is 22.5 Å². The second-order valence-corrected chi connectivity index (χ2v) is 10.6. The van der Waals surface area contributed by atoms with Crippen molar-refractivity contribution in [3.8, 4) is 5.75 Å². The molecule has 0 atom stereocenters. The van der Waals surface area contributed by atoms with Crippen LogP contribution in [0.2, 0.25) is 0 Å². The Morgan fingerprint density at radius 1 is 0.872 bits per heavy atom. The van der Waals surface area contributed by atoms with Crippen molar-refractivity contribution < 1.29 is 22.7 Å². The Morgan fingerprint density at radius 3 is 2.31 bits per heavy atom. The summed E-state index contributed by atoms with van der Waals surface area (Å²) in [6.07, 6.45) is 2.48. The minimum atomic E-state index is -3.74. The summed E-state index contributed by atoms with van der Waals surface area (Å²) < 4.78 is 31.6. The molecule has 4 rings (SSSR count). The van der Waals surface area contributed by atoms with Crippen LogP contribution in [-0.4, -0.2) is 45.9 Å². The molecule has 0 fully saturated rings. The van der Waals surface area contributed by atoms with Gasteiger partial charge in [0.05, 0.1) is 18.2 Å². The summed E-state index contributed by atoms with van der Waals surface area (Å²) in [6.45, 7) is -0.124. The van der Waals surface area contributed by atoms with Gasteiger partial charge < -0.3 is 10.1 Å². The van der Waals surface area contributed by atoms with Crippen LogP contribution in [0, 0.1) is 0 Å². The van der Waals surface area contributed by atoms with Crippen molar-refractivity contribution in [1.29, 1.82) is 0 Å². The Kier molecular flexibility index (Phi) is 8.90. The van der Waals surface area contributed by atoms with Crippen molar-refractivity contribution in [1.82, 2.24) is 10.7 Å². The first kappa shape index (κ1) is 27.3. The van der Waals surface area contributed by atoms with Crippen molar-refractivity contribution in [2.45, 2.75) is 6.54 Å². The molecule has 0 aliphatic rings. The van der Waals surface area contributed by atoms with Gasteiger partial charge in [-0.3, -0.25) is 13.9 Å². The molecule has 0 radical (unpaired) electrons. The molecular weight excluding hydrogens is 516 g/mol. The molecule has 4 aromatic carbocycles. The number of fused-ring (bicyclic) bond motifs is 1. The van der Waals surface area contributed by atoms with Gasteiger partial charge in [0.25, 0.3) is 11.8 Å². The first-order chi connectivity index (χ1) is 18.8. The Bertz CT molecular complexity index is 1570. The Labute approximate surface area is 227 Å². The van der Waals surface area contributed by atoms with Crippen LogP contribution in [0.5, 0.6) is 5.75 Å². The molecule has 4 aromatic rings. The molecule has 0 unspecified atom stereocenters. The average Bonchev–Trinajstić information content (AvgIpc) is 2.94. The number of hydrazone groups is 1. The van der Waals surface area contributed by atoms with Crippen LogP contribution < -0.4 is 19.8 Å². The molecule has 0 saturated carbocycles. The lowest BCUT2D eigenvalue weighted by Crippen LogP contribution is -2.39. The highest BCUT2D eigenvalue weighted by atomic mass is 32.2. The molecule has 0 aliphatic carbocycles. The van der Waals surface area contributed by atoms with Crippen molar-refractivity contribution in [2.75, 3.05) is 23.7 Å². The fraction of sp³-hybridized carbons (Fsp3) is 0.138. The van der Waals surface area contributed by atoms with Crippen molar-refractivity contribution in [3.63, 3.8) is 0 Å². The quantitative estimate of drug-likeness (QED) is 0.222. The molecule has 10 heteroatoms. The van der Waals surface area contributed by atoms with E-state index in [1.807, 2.05) is 60.7 Å². The number of sulfonamides is 1. The smallest absolute Gasteiger partial charge is 0.260 e. The highest BCUT2D eigenvalue weighted by Crippen LogP contribution is 2.28. The number of rotatable bonds is 11. The number of carbonyl (C=O) groups excluding carboxylic acids is 2. The van der Waals surface area contributed by atoms with E-state index in [-0.39, 0.29) is 12.5 Å². The molecule has 200 valence electrons. The number of benzene rings is 4. The van der Waals surface area contributed by atoms with Gasteiger partial charge in [0, 0.05) is 11.9 Å². The Hall–Kier alpha value is -4.70. The fourth-order valence-electron chi connectivity index (χ4n) is 3.80. The van der Waals surface area contributed by atoms with Crippen molar-refractivity contribution in [2.24, 2.45) is 5.10 Å². The molecule has 9 nitrogen and oxygen atoms in total. The summed E-state index contributed by atoms with van der Waals surface area (Å²) in [4.78, 5) is 24.6. The van der Waals surface area contributed by atoms with Gasteiger partial charge in [-0.1, -0.05) is 66.7 Å². The summed E-state index contributed by atoms with van der Waals surface area (Å²) in [5, 5.41) is 8.32. The first-order valence-electron chi connectivity index (χ1n) is 12.1. The molecule has 39 heavy (non-hydrogen) atoms. The largest absolute Gasteiger partial charge is 0.484 e. The van der Waals surface area contributed by atoms with Crippen LogP contribution in [0.4, 0.5) is 5.69 Å². The number of nitrogens with one attached hydrogen (secondary N) is 2. The van der Waals surface area contributed by atoms with E-state index in [2.05, 4.69) is 15.8 Å². The van der Waals surface area contributed by atoms with Gasteiger partial charge in [-0.2, -0.15) is 5.10 Å². The maximum Gasteiger partial charge on any atom is 0.260 e. The first-order valence-corrected chi connectivity index (χ1v) is 14.0. The third-order valence-corrected chi connectivity index (χ3v) is 6.83. The number of amides is 2. The normalized spacial score (nSPS) is 11.3. The van der Waals surface area contributed by atoms with E-state index in [1.165, 1.54) is 6.21 Å². The lowest BCUT2D eigenvalue weighted by atomic mass is 10.1. The summed E-state index contributed by atoms with van der Waals surface area (Å²) >= 11 is 0. The molecule has 0 saturated heterocycles. The topological polar surface area (TPSA) is 117 Å². The number of carbonyl (C=O) groups is 2. The Morgan fingerprint density at radius 2 is 1.56 bits per heavy atom. The Balaban J connectivity index is 1.29.